The Labute approximate surface area is 108 Å². The molecule has 0 saturated heterocycles. The van der Waals surface area contributed by atoms with Gasteiger partial charge in [0.2, 0.25) is 0 Å². The minimum absolute atomic E-state index is 0.0487. The van der Waals surface area contributed by atoms with Gasteiger partial charge in [-0.05, 0) is 22.4 Å². The smallest absolute Gasteiger partial charge is 0.288 e. The summed E-state index contributed by atoms with van der Waals surface area (Å²) < 4.78 is 0.558. The molecule has 6 heteroatoms. The molecule has 5 nitrogen and oxygen atoms in total. The molecule has 0 aliphatic carbocycles. The lowest BCUT2D eigenvalue weighted by molar-refractivity contribution is -0.385. The van der Waals surface area contributed by atoms with Gasteiger partial charge in [-0.15, -0.1) is 12.3 Å². The van der Waals surface area contributed by atoms with Crippen molar-refractivity contribution in [3.63, 3.8) is 0 Å². The standard InChI is InChI=1S/C11H12BrN3O2/c1-3-5-8(4-2)14-11-10(12)6-9(7-13-11)15(16)17/h1,6-8H,4-5H2,2H3,(H,13,14). The summed E-state index contributed by atoms with van der Waals surface area (Å²) >= 11 is 3.24. The van der Waals surface area contributed by atoms with Crippen molar-refractivity contribution in [2.45, 2.75) is 25.8 Å². The molecule has 0 radical (unpaired) electrons. The van der Waals surface area contributed by atoms with E-state index in [1.54, 1.807) is 0 Å². The predicted molar refractivity (Wildman–Crippen MR) is 69.7 cm³/mol. The molecule has 0 bridgehead atoms. The van der Waals surface area contributed by atoms with E-state index in [2.05, 4.69) is 32.2 Å². The SMILES string of the molecule is C#CCC(CC)Nc1ncc([N+](=O)[O-])cc1Br. The lowest BCUT2D eigenvalue weighted by Gasteiger charge is -2.15. The van der Waals surface area contributed by atoms with Gasteiger partial charge in [-0.2, -0.15) is 0 Å². The zero-order valence-electron chi connectivity index (χ0n) is 9.31. The largest absolute Gasteiger partial charge is 0.365 e. The molecule has 17 heavy (non-hydrogen) atoms. The fourth-order valence-corrected chi connectivity index (χ4v) is 1.72. The summed E-state index contributed by atoms with van der Waals surface area (Å²) in [7, 11) is 0. The lowest BCUT2D eigenvalue weighted by Crippen LogP contribution is -2.18. The van der Waals surface area contributed by atoms with Crippen LogP contribution < -0.4 is 5.32 Å². The highest BCUT2D eigenvalue weighted by Crippen LogP contribution is 2.25. The zero-order chi connectivity index (χ0) is 12.8. The Morgan fingerprint density at radius 2 is 2.47 bits per heavy atom. The van der Waals surface area contributed by atoms with Gasteiger partial charge in [-0.3, -0.25) is 10.1 Å². The van der Waals surface area contributed by atoms with Crippen LogP contribution in [0.5, 0.6) is 0 Å². The molecule has 1 aromatic rings. The molecule has 0 aliphatic rings. The normalized spacial score (nSPS) is 11.6. The summed E-state index contributed by atoms with van der Waals surface area (Å²) in [5.74, 6) is 3.14. The minimum atomic E-state index is -0.486. The molecule has 0 aromatic carbocycles. The number of anilines is 1. The van der Waals surface area contributed by atoms with Crippen molar-refractivity contribution < 1.29 is 4.92 Å². The third-order valence-electron chi connectivity index (χ3n) is 2.24. The lowest BCUT2D eigenvalue weighted by atomic mass is 10.1. The van der Waals surface area contributed by atoms with Gasteiger partial charge in [0, 0.05) is 18.5 Å². The van der Waals surface area contributed by atoms with E-state index in [1.807, 2.05) is 6.92 Å². The first-order valence-electron chi connectivity index (χ1n) is 5.08. The summed E-state index contributed by atoms with van der Waals surface area (Å²) in [5.41, 5.74) is -0.0487. The van der Waals surface area contributed by atoms with Crippen LogP contribution in [0.25, 0.3) is 0 Å². The highest BCUT2D eigenvalue weighted by Gasteiger charge is 2.12. The van der Waals surface area contributed by atoms with Crippen molar-refractivity contribution in [2.75, 3.05) is 5.32 Å². The molecule has 90 valence electrons. The first-order chi connectivity index (χ1) is 8.08. The van der Waals surface area contributed by atoms with Crippen molar-refractivity contribution in [1.29, 1.82) is 0 Å². The zero-order valence-corrected chi connectivity index (χ0v) is 10.9. The second-order valence-corrected chi connectivity index (χ2v) is 4.29. The maximum absolute atomic E-state index is 10.5. The second-order valence-electron chi connectivity index (χ2n) is 3.44. The van der Waals surface area contributed by atoms with Gasteiger partial charge < -0.3 is 5.32 Å². The number of pyridine rings is 1. The van der Waals surface area contributed by atoms with Gasteiger partial charge in [0.15, 0.2) is 0 Å². The molecule has 1 rings (SSSR count). The molecule has 0 spiro atoms. The number of hydrogen-bond donors (Lipinski definition) is 1. The van der Waals surface area contributed by atoms with Crippen LogP contribution in [0.1, 0.15) is 19.8 Å². The number of aromatic nitrogens is 1. The topological polar surface area (TPSA) is 68.1 Å². The van der Waals surface area contributed by atoms with Crippen LogP contribution in [-0.4, -0.2) is 15.9 Å². The van der Waals surface area contributed by atoms with Gasteiger partial charge in [0.05, 0.1) is 9.40 Å². The van der Waals surface area contributed by atoms with Crippen LogP contribution in [0.3, 0.4) is 0 Å². The van der Waals surface area contributed by atoms with Crippen LogP contribution in [0, 0.1) is 22.5 Å². The van der Waals surface area contributed by atoms with Crippen molar-refractivity contribution in [3.8, 4) is 12.3 Å². The number of halogens is 1. The van der Waals surface area contributed by atoms with Crippen LogP contribution in [0.2, 0.25) is 0 Å². The van der Waals surface area contributed by atoms with E-state index in [0.717, 1.165) is 6.42 Å². The van der Waals surface area contributed by atoms with E-state index in [4.69, 9.17) is 6.42 Å². The van der Waals surface area contributed by atoms with Crippen LogP contribution in [-0.2, 0) is 0 Å². The molecule has 1 heterocycles. The Balaban J connectivity index is 2.85. The van der Waals surface area contributed by atoms with Crippen LogP contribution >= 0.6 is 15.9 Å². The highest BCUT2D eigenvalue weighted by molar-refractivity contribution is 9.10. The summed E-state index contributed by atoms with van der Waals surface area (Å²) in [5, 5.41) is 13.7. The van der Waals surface area contributed by atoms with E-state index in [0.29, 0.717) is 16.7 Å². The monoisotopic (exact) mass is 297 g/mol. The number of hydrogen-bond acceptors (Lipinski definition) is 4. The molecule has 0 aliphatic heterocycles. The third kappa shape index (κ3) is 3.71. The quantitative estimate of drug-likeness (QED) is 0.515. The molecule has 1 atom stereocenters. The number of terminal acetylenes is 1. The predicted octanol–water partition coefficient (Wildman–Crippen LogP) is 2.97. The van der Waals surface area contributed by atoms with Crippen molar-refractivity contribution in [3.05, 3.63) is 26.9 Å². The molecule has 0 fully saturated rings. The summed E-state index contributed by atoms with van der Waals surface area (Å²) in [6, 6.07) is 1.53. The first-order valence-corrected chi connectivity index (χ1v) is 5.87. The Bertz CT molecular complexity index is 457. The maximum Gasteiger partial charge on any atom is 0.288 e. The fourth-order valence-electron chi connectivity index (χ4n) is 1.27. The number of nitrogens with one attached hydrogen (secondary N) is 1. The molecule has 1 unspecified atom stereocenters. The fraction of sp³-hybridized carbons (Fsp3) is 0.364. The molecule has 0 amide bonds. The van der Waals surface area contributed by atoms with E-state index in [9.17, 15) is 10.1 Å². The summed E-state index contributed by atoms with van der Waals surface area (Å²) in [6.45, 7) is 2.01. The Hall–Kier alpha value is -1.61. The molecular formula is C11H12BrN3O2. The van der Waals surface area contributed by atoms with Gasteiger partial charge in [-0.25, -0.2) is 4.98 Å². The van der Waals surface area contributed by atoms with E-state index in [-0.39, 0.29) is 11.7 Å². The van der Waals surface area contributed by atoms with Crippen LogP contribution in [0.4, 0.5) is 11.5 Å². The minimum Gasteiger partial charge on any atom is -0.365 e. The first kappa shape index (κ1) is 13.5. The van der Waals surface area contributed by atoms with Gasteiger partial charge >= 0.3 is 0 Å². The number of nitro groups is 1. The van der Waals surface area contributed by atoms with E-state index < -0.39 is 4.92 Å². The number of rotatable bonds is 5. The van der Waals surface area contributed by atoms with Gasteiger partial charge in [0.25, 0.3) is 5.69 Å². The Kier molecular flexibility index (Phi) is 4.91. The summed E-state index contributed by atoms with van der Waals surface area (Å²) in [4.78, 5) is 14.1. The maximum atomic E-state index is 10.5. The average Bonchev–Trinajstić information content (AvgIpc) is 2.30. The second kappa shape index (κ2) is 6.21. The van der Waals surface area contributed by atoms with Crippen molar-refractivity contribution in [1.82, 2.24) is 4.98 Å². The number of nitrogens with zero attached hydrogens (tertiary/aromatic N) is 2. The average molecular weight is 298 g/mol. The summed E-state index contributed by atoms with van der Waals surface area (Å²) in [6.07, 6.45) is 7.91. The molecular weight excluding hydrogens is 286 g/mol. The van der Waals surface area contributed by atoms with Gasteiger partial charge in [-0.1, -0.05) is 6.92 Å². The Morgan fingerprint density at radius 3 is 2.94 bits per heavy atom. The van der Waals surface area contributed by atoms with E-state index >= 15 is 0 Å². The van der Waals surface area contributed by atoms with Gasteiger partial charge in [0.1, 0.15) is 12.0 Å². The van der Waals surface area contributed by atoms with Crippen LogP contribution in [0.15, 0.2) is 16.7 Å². The molecule has 0 saturated carbocycles. The Morgan fingerprint density at radius 1 is 1.76 bits per heavy atom. The van der Waals surface area contributed by atoms with Crippen molar-refractivity contribution in [2.24, 2.45) is 0 Å². The third-order valence-corrected chi connectivity index (χ3v) is 2.84. The molecule has 1 N–H and O–H groups in total. The van der Waals surface area contributed by atoms with Crippen molar-refractivity contribution >= 4 is 27.4 Å². The van der Waals surface area contributed by atoms with E-state index in [1.165, 1.54) is 12.3 Å². The molecule has 1 aromatic heterocycles. The highest BCUT2D eigenvalue weighted by atomic mass is 79.9.